The van der Waals surface area contributed by atoms with Gasteiger partial charge >= 0.3 is 0 Å². The van der Waals surface area contributed by atoms with Crippen LogP contribution in [0.2, 0.25) is 0 Å². The molecule has 3 heterocycles. The van der Waals surface area contributed by atoms with Crippen molar-refractivity contribution in [1.29, 1.82) is 0 Å². The number of aromatic nitrogens is 3. The SMILES string of the molecule is CN(CCc1ccccn1)C(=O)CC[C@@H]1CCCN(C(=O)c2cnsn2)C1. The Bertz CT molecular complexity index is 738. The molecule has 1 fully saturated rings. The van der Waals surface area contributed by atoms with Gasteiger partial charge in [-0.1, -0.05) is 6.07 Å². The monoisotopic (exact) mass is 387 g/mol. The molecular weight excluding hydrogens is 362 g/mol. The molecule has 0 spiro atoms. The van der Waals surface area contributed by atoms with E-state index in [0.717, 1.165) is 49.7 Å². The van der Waals surface area contributed by atoms with Crippen molar-refractivity contribution in [3.63, 3.8) is 0 Å². The number of carbonyl (C=O) groups excluding carboxylic acids is 2. The molecule has 0 saturated carbocycles. The van der Waals surface area contributed by atoms with Crippen molar-refractivity contribution in [3.8, 4) is 0 Å². The van der Waals surface area contributed by atoms with E-state index in [1.165, 1.54) is 6.20 Å². The number of rotatable bonds is 7. The minimum atomic E-state index is -0.0488. The van der Waals surface area contributed by atoms with Crippen molar-refractivity contribution in [2.75, 3.05) is 26.7 Å². The van der Waals surface area contributed by atoms with Crippen LogP contribution in [-0.4, -0.2) is 62.0 Å². The van der Waals surface area contributed by atoms with Crippen molar-refractivity contribution in [3.05, 3.63) is 42.0 Å². The summed E-state index contributed by atoms with van der Waals surface area (Å²) in [5.41, 5.74) is 1.42. The Kier molecular flexibility index (Phi) is 6.86. The van der Waals surface area contributed by atoms with Gasteiger partial charge in [0.1, 0.15) is 0 Å². The maximum Gasteiger partial charge on any atom is 0.275 e. The molecule has 0 N–H and O–H groups in total. The number of pyridine rings is 1. The highest BCUT2D eigenvalue weighted by atomic mass is 32.1. The molecule has 0 bridgehead atoms. The molecule has 1 atom stereocenters. The van der Waals surface area contributed by atoms with Crippen LogP contribution in [0.15, 0.2) is 30.6 Å². The highest BCUT2D eigenvalue weighted by Gasteiger charge is 2.26. The molecular formula is C19H25N5O2S. The third-order valence-corrected chi connectivity index (χ3v) is 5.49. The van der Waals surface area contributed by atoms with E-state index in [1.54, 1.807) is 11.1 Å². The predicted octanol–water partition coefficient (Wildman–Crippen LogP) is 2.27. The maximum absolute atomic E-state index is 12.4. The zero-order valence-electron chi connectivity index (χ0n) is 15.6. The lowest BCUT2D eigenvalue weighted by molar-refractivity contribution is -0.130. The summed E-state index contributed by atoms with van der Waals surface area (Å²) in [4.78, 5) is 32.8. The molecule has 0 aliphatic carbocycles. The van der Waals surface area contributed by atoms with Gasteiger partial charge in [-0.05, 0) is 37.3 Å². The van der Waals surface area contributed by atoms with Crippen LogP contribution in [0.1, 0.15) is 41.9 Å². The number of likely N-dealkylation sites (N-methyl/N-ethyl adjacent to an activating group) is 1. The quantitative estimate of drug-likeness (QED) is 0.728. The molecule has 8 heteroatoms. The molecule has 1 saturated heterocycles. The fraction of sp³-hybridized carbons (Fsp3) is 0.526. The van der Waals surface area contributed by atoms with Crippen LogP contribution in [0, 0.1) is 5.92 Å². The van der Waals surface area contributed by atoms with Crippen LogP contribution in [0.25, 0.3) is 0 Å². The Balaban J connectivity index is 1.42. The highest BCUT2D eigenvalue weighted by Crippen LogP contribution is 2.22. The molecule has 0 aromatic carbocycles. The first-order chi connectivity index (χ1) is 13.1. The summed E-state index contributed by atoms with van der Waals surface area (Å²) in [5.74, 6) is 0.466. The molecule has 2 aromatic rings. The lowest BCUT2D eigenvalue weighted by Gasteiger charge is -2.32. The summed E-state index contributed by atoms with van der Waals surface area (Å²) in [5, 5.41) is 0. The molecule has 0 unspecified atom stereocenters. The number of hydrogen-bond donors (Lipinski definition) is 0. The second-order valence-corrected chi connectivity index (χ2v) is 7.53. The van der Waals surface area contributed by atoms with Crippen LogP contribution in [0.4, 0.5) is 0 Å². The van der Waals surface area contributed by atoms with Gasteiger partial charge in [-0.15, -0.1) is 0 Å². The van der Waals surface area contributed by atoms with Crippen molar-refractivity contribution in [2.24, 2.45) is 5.92 Å². The van der Waals surface area contributed by atoms with Crippen molar-refractivity contribution >= 4 is 23.5 Å². The van der Waals surface area contributed by atoms with Crippen LogP contribution < -0.4 is 0 Å². The van der Waals surface area contributed by atoms with E-state index in [4.69, 9.17) is 0 Å². The first-order valence-electron chi connectivity index (χ1n) is 9.34. The molecule has 144 valence electrons. The smallest absolute Gasteiger partial charge is 0.275 e. The lowest BCUT2D eigenvalue weighted by Crippen LogP contribution is -2.40. The number of nitrogens with zero attached hydrogens (tertiary/aromatic N) is 5. The third kappa shape index (κ3) is 5.56. The minimum absolute atomic E-state index is 0.0488. The summed E-state index contributed by atoms with van der Waals surface area (Å²) < 4.78 is 7.94. The Morgan fingerprint density at radius 1 is 1.37 bits per heavy atom. The largest absolute Gasteiger partial charge is 0.345 e. The Morgan fingerprint density at radius 2 is 2.26 bits per heavy atom. The standard InChI is InChI=1S/C19H25N5O2S/c1-23(12-9-16-6-2-3-10-20-16)18(25)8-7-15-5-4-11-24(14-15)19(26)17-13-21-27-22-17/h2-3,6,10,13,15H,4-5,7-9,11-12,14H2,1H3/t15-/m0/s1. The van der Waals surface area contributed by atoms with E-state index >= 15 is 0 Å². The van der Waals surface area contributed by atoms with E-state index in [0.29, 0.717) is 31.1 Å². The molecule has 1 aliphatic rings. The van der Waals surface area contributed by atoms with E-state index in [9.17, 15) is 9.59 Å². The summed E-state index contributed by atoms with van der Waals surface area (Å²) >= 11 is 1.05. The average molecular weight is 388 g/mol. The van der Waals surface area contributed by atoms with Gasteiger partial charge in [-0.2, -0.15) is 8.75 Å². The van der Waals surface area contributed by atoms with E-state index in [2.05, 4.69) is 13.7 Å². The van der Waals surface area contributed by atoms with Gasteiger partial charge in [0.05, 0.1) is 17.9 Å². The number of hydrogen-bond acceptors (Lipinski definition) is 6. The van der Waals surface area contributed by atoms with Gasteiger partial charge in [0.25, 0.3) is 5.91 Å². The Labute approximate surface area is 163 Å². The van der Waals surface area contributed by atoms with Crippen molar-refractivity contribution in [1.82, 2.24) is 23.5 Å². The fourth-order valence-corrected chi connectivity index (χ4v) is 3.78. The van der Waals surface area contributed by atoms with Crippen LogP contribution in [0.3, 0.4) is 0 Å². The molecule has 3 rings (SSSR count). The summed E-state index contributed by atoms with van der Waals surface area (Å²) in [6, 6.07) is 5.83. The topological polar surface area (TPSA) is 79.3 Å². The summed E-state index contributed by atoms with van der Waals surface area (Å²) in [6.45, 7) is 2.12. The summed E-state index contributed by atoms with van der Waals surface area (Å²) in [6.07, 6.45) is 7.42. The first kappa shape index (κ1) is 19.4. The summed E-state index contributed by atoms with van der Waals surface area (Å²) in [7, 11) is 1.84. The number of amides is 2. The van der Waals surface area contributed by atoms with Crippen LogP contribution >= 0.6 is 11.7 Å². The highest BCUT2D eigenvalue weighted by molar-refractivity contribution is 6.99. The van der Waals surface area contributed by atoms with E-state index in [-0.39, 0.29) is 11.8 Å². The van der Waals surface area contributed by atoms with Crippen molar-refractivity contribution in [2.45, 2.75) is 32.1 Å². The van der Waals surface area contributed by atoms with Crippen LogP contribution in [-0.2, 0) is 11.2 Å². The number of carbonyl (C=O) groups is 2. The second-order valence-electron chi connectivity index (χ2n) is 6.98. The fourth-order valence-electron chi connectivity index (χ4n) is 3.38. The first-order valence-corrected chi connectivity index (χ1v) is 10.1. The van der Waals surface area contributed by atoms with Gasteiger partial charge in [0, 0.05) is 51.4 Å². The predicted molar refractivity (Wildman–Crippen MR) is 103 cm³/mol. The number of likely N-dealkylation sites (tertiary alicyclic amines) is 1. The number of piperidine rings is 1. The molecule has 7 nitrogen and oxygen atoms in total. The molecule has 0 radical (unpaired) electrons. The molecule has 2 aromatic heterocycles. The van der Waals surface area contributed by atoms with Crippen LogP contribution in [0.5, 0.6) is 0 Å². The van der Waals surface area contributed by atoms with Gasteiger partial charge in [0.2, 0.25) is 5.91 Å². The normalized spacial score (nSPS) is 16.9. The molecule has 2 amide bonds. The zero-order chi connectivity index (χ0) is 19.1. The van der Waals surface area contributed by atoms with E-state index < -0.39 is 0 Å². The molecule has 1 aliphatic heterocycles. The zero-order valence-corrected chi connectivity index (χ0v) is 16.4. The third-order valence-electron chi connectivity index (χ3n) is 5.01. The Morgan fingerprint density at radius 3 is 3.00 bits per heavy atom. The van der Waals surface area contributed by atoms with Crippen molar-refractivity contribution < 1.29 is 9.59 Å². The average Bonchev–Trinajstić information content (AvgIpc) is 3.25. The van der Waals surface area contributed by atoms with Gasteiger partial charge in [0.15, 0.2) is 5.69 Å². The van der Waals surface area contributed by atoms with Gasteiger partial charge in [-0.3, -0.25) is 14.6 Å². The van der Waals surface area contributed by atoms with Gasteiger partial charge in [-0.25, -0.2) is 0 Å². The minimum Gasteiger partial charge on any atom is -0.345 e. The molecule has 27 heavy (non-hydrogen) atoms. The van der Waals surface area contributed by atoms with Gasteiger partial charge < -0.3 is 9.80 Å². The van der Waals surface area contributed by atoms with E-state index in [1.807, 2.05) is 30.1 Å². The Hall–Kier alpha value is -2.35. The second kappa shape index (κ2) is 9.55. The lowest BCUT2D eigenvalue weighted by atomic mass is 9.93. The maximum atomic E-state index is 12.4.